The van der Waals surface area contributed by atoms with E-state index >= 15 is 4.39 Å². The van der Waals surface area contributed by atoms with Crippen molar-refractivity contribution >= 4 is 28.7 Å². The summed E-state index contributed by atoms with van der Waals surface area (Å²) in [5.41, 5.74) is 2.07. The molecule has 0 saturated carbocycles. The normalized spacial score (nSPS) is 16.1. The topological polar surface area (TPSA) is 102 Å². The third-order valence-electron chi connectivity index (χ3n) is 6.79. The van der Waals surface area contributed by atoms with Gasteiger partial charge in [0.15, 0.2) is 11.8 Å². The monoisotopic (exact) mass is 523 g/mol. The number of hydrogen-bond acceptors (Lipinski definition) is 6. The standard InChI is InChI=1S/C29H34FN3O5/c1-2-9-23(26(34)28-32-22-14-6-7-15-24(22)38-28)31-27(35)21(13-8-12-20-10-4-3-5-11-20)25(30)29(36)33-16-18-37-19-17-33/h3-7,10-11,14-15,21,23,25H,2,8-9,12-13,16-19H2,1H3,(H,31,35)/t21?,23-,25-/m0/s1. The number of hydrogen-bond donors (Lipinski definition) is 1. The van der Waals surface area contributed by atoms with Gasteiger partial charge in [-0.1, -0.05) is 55.8 Å². The number of aryl methyl sites for hydroxylation is 1. The van der Waals surface area contributed by atoms with Gasteiger partial charge in [-0.05, 0) is 43.4 Å². The van der Waals surface area contributed by atoms with Crippen LogP contribution in [-0.4, -0.2) is 66.0 Å². The summed E-state index contributed by atoms with van der Waals surface area (Å²) in [5, 5.41) is 2.72. The first kappa shape index (κ1) is 27.4. The van der Waals surface area contributed by atoms with Gasteiger partial charge in [0.25, 0.3) is 11.8 Å². The zero-order valence-electron chi connectivity index (χ0n) is 21.6. The minimum atomic E-state index is -2.02. The van der Waals surface area contributed by atoms with E-state index in [1.54, 1.807) is 24.3 Å². The van der Waals surface area contributed by atoms with E-state index in [2.05, 4.69) is 10.3 Å². The van der Waals surface area contributed by atoms with E-state index in [9.17, 15) is 14.4 Å². The largest absolute Gasteiger partial charge is 0.434 e. The first-order valence-electron chi connectivity index (χ1n) is 13.2. The maximum absolute atomic E-state index is 15.7. The number of morpholine rings is 1. The second-order valence-electron chi connectivity index (χ2n) is 9.52. The van der Waals surface area contributed by atoms with E-state index in [0.29, 0.717) is 50.0 Å². The number of nitrogens with zero attached hydrogens (tertiary/aromatic N) is 2. The van der Waals surface area contributed by atoms with Gasteiger partial charge in [0.05, 0.1) is 25.2 Å². The number of para-hydroxylation sites is 2. The molecule has 1 fully saturated rings. The van der Waals surface area contributed by atoms with Crippen LogP contribution in [0.2, 0.25) is 0 Å². The summed E-state index contributed by atoms with van der Waals surface area (Å²) in [7, 11) is 0. The molecule has 2 aromatic carbocycles. The van der Waals surface area contributed by atoms with Crippen molar-refractivity contribution in [2.24, 2.45) is 5.92 Å². The molecule has 3 atom stereocenters. The summed E-state index contributed by atoms with van der Waals surface area (Å²) >= 11 is 0. The predicted octanol–water partition coefficient (Wildman–Crippen LogP) is 4.13. The van der Waals surface area contributed by atoms with E-state index in [0.717, 1.165) is 5.56 Å². The Hall–Kier alpha value is -3.59. The quantitative estimate of drug-likeness (QED) is 0.358. The van der Waals surface area contributed by atoms with Crippen LogP contribution in [0.5, 0.6) is 0 Å². The number of fused-ring (bicyclic) bond motifs is 1. The van der Waals surface area contributed by atoms with Gasteiger partial charge in [0.2, 0.25) is 11.7 Å². The Kier molecular flexibility index (Phi) is 9.59. The van der Waals surface area contributed by atoms with Crippen molar-refractivity contribution in [1.29, 1.82) is 0 Å². The highest BCUT2D eigenvalue weighted by molar-refractivity contribution is 6.00. The van der Waals surface area contributed by atoms with Crippen molar-refractivity contribution in [3.05, 3.63) is 66.1 Å². The molecule has 202 valence electrons. The summed E-state index contributed by atoms with van der Waals surface area (Å²) in [6.45, 7) is 3.12. The van der Waals surface area contributed by atoms with E-state index in [1.807, 2.05) is 37.3 Å². The molecule has 0 spiro atoms. The number of ether oxygens (including phenoxy) is 1. The summed E-state index contributed by atoms with van der Waals surface area (Å²) in [5.74, 6) is -3.19. The Bertz CT molecular complexity index is 1190. The van der Waals surface area contributed by atoms with E-state index in [4.69, 9.17) is 9.15 Å². The number of amides is 2. The van der Waals surface area contributed by atoms with Gasteiger partial charge >= 0.3 is 0 Å². The van der Waals surface area contributed by atoms with Gasteiger partial charge in [-0.15, -0.1) is 0 Å². The van der Waals surface area contributed by atoms with Crippen LogP contribution in [-0.2, 0) is 20.7 Å². The SMILES string of the molecule is CCC[C@H](NC(=O)C(CCCc1ccccc1)[C@H](F)C(=O)N1CCOCC1)C(=O)c1nc2ccccc2o1. The number of halogens is 1. The van der Waals surface area contributed by atoms with Crippen LogP contribution in [0.25, 0.3) is 11.1 Å². The second kappa shape index (κ2) is 13.3. The van der Waals surface area contributed by atoms with E-state index < -0.39 is 35.7 Å². The number of nitrogens with one attached hydrogen (secondary N) is 1. The first-order chi connectivity index (χ1) is 18.5. The first-order valence-corrected chi connectivity index (χ1v) is 13.2. The third-order valence-corrected chi connectivity index (χ3v) is 6.79. The van der Waals surface area contributed by atoms with Crippen LogP contribution < -0.4 is 5.32 Å². The van der Waals surface area contributed by atoms with Crippen LogP contribution in [0.3, 0.4) is 0 Å². The molecule has 0 bridgehead atoms. The molecule has 38 heavy (non-hydrogen) atoms. The zero-order valence-corrected chi connectivity index (χ0v) is 21.6. The van der Waals surface area contributed by atoms with Gasteiger partial charge in [-0.3, -0.25) is 14.4 Å². The lowest BCUT2D eigenvalue weighted by molar-refractivity contribution is -0.146. The molecule has 0 radical (unpaired) electrons. The molecule has 2 amide bonds. The fourth-order valence-corrected chi connectivity index (χ4v) is 4.67. The van der Waals surface area contributed by atoms with Crippen molar-refractivity contribution in [3.8, 4) is 0 Å². The lowest BCUT2D eigenvalue weighted by Crippen LogP contribution is -2.51. The molecular formula is C29H34FN3O5. The minimum absolute atomic E-state index is 0.105. The Labute approximate surface area is 221 Å². The van der Waals surface area contributed by atoms with Gasteiger partial charge in [0.1, 0.15) is 5.52 Å². The van der Waals surface area contributed by atoms with Gasteiger partial charge in [0, 0.05) is 13.1 Å². The maximum Gasteiger partial charge on any atom is 0.266 e. The molecule has 4 rings (SSSR count). The number of carbonyl (C=O) groups is 3. The number of alkyl halides is 1. The summed E-state index contributed by atoms with van der Waals surface area (Å²) < 4.78 is 26.6. The minimum Gasteiger partial charge on any atom is -0.434 e. The van der Waals surface area contributed by atoms with Crippen LogP contribution >= 0.6 is 0 Å². The average Bonchev–Trinajstić information content (AvgIpc) is 3.39. The summed E-state index contributed by atoms with van der Waals surface area (Å²) in [6.07, 6.45) is 0.217. The number of Topliss-reactive ketones (excluding diaryl/α,β-unsaturated/α-hetero) is 1. The predicted molar refractivity (Wildman–Crippen MR) is 140 cm³/mol. The number of oxazole rings is 1. The van der Waals surface area contributed by atoms with Crippen LogP contribution in [0.15, 0.2) is 59.0 Å². The van der Waals surface area contributed by atoms with Crippen LogP contribution in [0, 0.1) is 5.92 Å². The van der Waals surface area contributed by atoms with Crippen molar-refractivity contribution in [3.63, 3.8) is 0 Å². The Balaban J connectivity index is 1.49. The summed E-state index contributed by atoms with van der Waals surface area (Å²) in [6, 6.07) is 15.8. The van der Waals surface area contributed by atoms with Crippen molar-refractivity contribution in [2.45, 2.75) is 51.2 Å². The number of carbonyl (C=O) groups excluding carboxylic acids is 3. The Morgan fingerprint density at radius 2 is 1.74 bits per heavy atom. The molecule has 2 heterocycles. The number of benzene rings is 2. The fourth-order valence-electron chi connectivity index (χ4n) is 4.67. The molecule has 1 saturated heterocycles. The summed E-state index contributed by atoms with van der Waals surface area (Å²) in [4.78, 5) is 45.3. The average molecular weight is 524 g/mol. The van der Waals surface area contributed by atoms with Crippen molar-refractivity contribution in [1.82, 2.24) is 15.2 Å². The molecule has 1 aromatic heterocycles. The highest BCUT2D eigenvalue weighted by Gasteiger charge is 2.38. The van der Waals surface area contributed by atoms with Crippen LogP contribution in [0.1, 0.15) is 48.9 Å². The van der Waals surface area contributed by atoms with Crippen molar-refractivity contribution in [2.75, 3.05) is 26.3 Å². The van der Waals surface area contributed by atoms with Crippen LogP contribution in [0.4, 0.5) is 4.39 Å². The molecule has 9 heteroatoms. The lowest BCUT2D eigenvalue weighted by atomic mass is 9.92. The van der Waals surface area contributed by atoms with Gasteiger partial charge < -0.3 is 19.4 Å². The highest BCUT2D eigenvalue weighted by atomic mass is 19.1. The van der Waals surface area contributed by atoms with Gasteiger partial charge in [-0.25, -0.2) is 9.37 Å². The smallest absolute Gasteiger partial charge is 0.266 e. The molecule has 1 unspecified atom stereocenters. The molecule has 1 N–H and O–H groups in total. The molecular weight excluding hydrogens is 489 g/mol. The number of rotatable bonds is 12. The second-order valence-corrected chi connectivity index (χ2v) is 9.52. The fraction of sp³-hybridized carbons (Fsp3) is 0.448. The molecule has 0 aliphatic carbocycles. The maximum atomic E-state index is 15.7. The van der Waals surface area contributed by atoms with E-state index in [1.165, 1.54) is 4.90 Å². The Morgan fingerprint density at radius 3 is 2.45 bits per heavy atom. The Morgan fingerprint density at radius 1 is 1.03 bits per heavy atom. The molecule has 1 aliphatic rings. The molecule has 8 nitrogen and oxygen atoms in total. The van der Waals surface area contributed by atoms with Gasteiger partial charge in [-0.2, -0.15) is 0 Å². The zero-order chi connectivity index (χ0) is 26.9. The molecule has 1 aliphatic heterocycles. The van der Waals surface area contributed by atoms with E-state index in [-0.39, 0.29) is 25.4 Å². The third kappa shape index (κ3) is 6.83. The number of ketones is 1. The lowest BCUT2D eigenvalue weighted by Gasteiger charge is -2.30. The molecule has 3 aromatic rings. The number of aromatic nitrogens is 1. The highest BCUT2D eigenvalue weighted by Crippen LogP contribution is 2.22. The van der Waals surface area contributed by atoms with Crippen molar-refractivity contribution < 1.29 is 27.9 Å².